The summed E-state index contributed by atoms with van der Waals surface area (Å²) in [7, 11) is 1.43. The van der Waals surface area contributed by atoms with Gasteiger partial charge in [0.25, 0.3) is 0 Å². The lowest BCUT2D eigenvalue weighted by molar-refractivity contribution is -0.150. The molecule has 0 amide bonds. The maximum Gasteiger partial charge on any atom is 0.311 e. The molecule has 2 aromatic carbocycles. The van der Waals surface area contributed by atoms with Crippen LogP contribution in [0.3, 0.4) is 0 Å². The number of hydrogen-bond acceptors (Lipinski definition) is 3. The summed E-state index contributed by atoms with van der Waals surface area (Å²) in [5, 5.41) is 3.40. The zero-order chi connectivity index (χ0) is 15.7. The second-order valence-electron chi connectivity index (χ2n) is 6.17. The molecule has 0 aliphatic heterocycles. The molecule has 3 heteroatoms. The van der Waals surface area contributed by atoms with E-state index in [0.29, 0.717) is 6.42 Å². The summed E-state index contributed by atoms with van der Waals surface area (Å²) < 4.78 is 4.92. The number of methoxy groups -OCH3 is 1. The first-order chi connectivity index (χ1) is 10.5. The van der Waals surface area contributed by atoms with E-state index >= 15 is 0 Å². The Morgan fingerprint density at radius 2 is 1.59 bits per heavy atom. The monoisotopic (exact) mass is 293 g/mol. The summed E-state index contributed by atoms with van der Waals surface area (Å²) in [4.78, 5) is 16.8. The van der Waals surface area contributed by atoms with Crippen molar-refractivity contribution in [3.05, 3.63) is 54.2 Å². The molecule has 112 valence electrons. The molecule has 0 saturated carbocycles. The molecule has 0 N–H and O–H groups in total. The van der Waals surface area contributed by atoms with Crippen LogP contribution in [-0.4, -0.2) is 18.1 Å². The van der Waals surface area contributed by atoms with Gasteiger partial charge in [-0.05, 0) is 25.3 Å². The van der Waals surface area contributed by atoms with Gasteiger partial charge in [-0.1, -0.05) is 42.5 Å². The average Bonchev–Trinajstić information content (AvgIpc) is 2.54. The van der Waals surface area contributed by atoms with E-state index in [4.69, 9.17) is 9.72 Å². The van der Waals surface area contributed by atoms with Crippen molar-refractivity contribution in [3.63, 3.8) is 0 Å². The maximum atomic E-state index is 12.0. The number of carbonyl (C=O) groups is 1. The van der Waals surface area contributed by atoms with E-state index in [2.05, 4.69) is 18.2 Å². The van der Waals surface area contributed by atoms with Crippen LogP contribution in [0.25, 0.3) is 21.7 Å². The van der Waals surface area contributed by atoms with Gasteiger partial charge < -0.3 is 4.74 Å². The molecule has 22 heavy (non-hydrogen) atoms. The molecule has 3 nitrogen and oxygen atoms in total. The van der Waals surface area contributed by atoms with Crippen LogP contribution in [0.4, 0.5) is 0 Å². The first kappa shape index (κ1) is 14.5. The van der Waals surface area contributed by atoms with Crippen molar-refractivity contribution in [1.82, 2.24) is 4.98 Å². The Balaban J connectivity index is 2.22. The van der Waals surface area contributed by atoms with Gasteiger partial charge in [-0.25, -0.2) is 0 Å². The molecule has 0 radical (unpaired) electrons. The first-order valence-corrected chi connectivity index (χ1v) is 7.38. The lowest BCUT2D eigenvalue weighted by Crippen LogP contribution is -2.28. The number of hydrogen-bond donors (Lipinski definition) is 0. The Kier molecular flexibility index (Phi) is 3.57. The smallest absolute Gasteiger partial charge is 0.311 e. The number of aromatic nitrogens is 1. The van der Waals surface area contributed by atoms with E-state index in [1.54, 1.807) is 0 Å². The summed E-state index contributed by atoms with van der Waals surface area (Å²) in [5.41, 5.74) is 1.29. The number of esters is 1. The number of carbonyl (C=O) groups excluding carboxylic acids is 1. The van der Waals surface area contributed by atoms with Crippen molar-refractivity contribution in [3.8, 4) is 0 Å². The third kappa shape index (κ3) is 2.43. The van der Waals surface area contributed by atoms with Crippen molar-refractivity contribution in [2.75, 3.05) is 7.11 Å². The summed E-state index contributed by atoms with van der Waals surface area (Å²) in [6.45, 7) is 3.79. The fourth-order valence-electron chi connectivity index (χ4n) is 2.88. The quantitative estimate of drug-likeness (QED) is 0.538. The number of fused-ring (bicyclic) bond motifs is 3. The van der Waals surface area contributed by atoms with Crippen LogP contribution in [0.1, 0.15) is 19.5 Å². The van der Waals surface area contributed by atoms with Crippen LogP contribution in [0.15, 0.2) is 48.5 Å². The SMILES string of the molecule is COC(=O)C(C)(C)Cc1nc2ccccc2c2ccccc12. The van der Waals surface area contributed by atoms with Gasteiger partial charge in [0.1, 0.15) is 0 Å². The fraction of sp³-hybridized carbons (Fsp3) is 0.263. The summed E-state index contributed by atoms with van der Waals surface area (Å²) in [6, 6.07) is 16.3. The van der Waals surface area contributed by atoms with Crippen LogP contribution >= 0.6 is 0 Å². The van der Waals surface area contributed by atoms with Crippen molar-refractivity contribution < 1.29 is 9.53 Å². The number of para-hydroxylation sites is 1. The molecule has 0 atom stereocenters. The molecule has 0 saturated heterocycles. The molecule has 0 unspecified atom stereocenters. The fourth-order valence-corrected chi connectivity index (χ4v) is 2.88. The van der Waals surface area contributed by atoms with Crippen LogP contribution in [0, 0.1) is 5.41 Å². The van der Waals surface area contributed by atoms with Gasteiger partial charge in [0.2, 0.25) is 0 Å². The highest BCUT2D eigenvalue weighted by atomic mass is 16.5. The zero-order valence-electron chi connectivity index (χ0n) is 13.1. The summed E-state index contributed by atoms with van der Waals surface area (Å²) in [5.74, 6) is -0.216. The minimum Gasteiger partial charge on any atom is -0.469 e. The molecule has 3 aromatic rings. The van der Waals surface area contributed by atoms with Gasteiger partial charge in [0.05, 0.1) is 23.7 Å². The Bertz CT molecular complexity index is 852. The Morgan fingerprint density at radius 3 is 2.27 bits per heavy atom. The number of benzene rings is 2. The van der Waals surface area contributed by atoms with Gasteiger partial charge >= 0.3 is 5.97 Å². The standard InChI is InChI=1S/C19H19NO2/c1-19(2,18(21)22-3)12-17-15-10-5-4-8-13(15)14-9-6-7-11-16(14)20-17/h4-11H,12H2,1-3H3. The lowest BCUT2D eigenvalue weighted by atomic mass is 9.86. The third-order valence-corrected chi connectivity index (χ3v) is 4.03. The summed E-state index contributed by atoms with van der Waals surface area (Å²) in [6.07, 6.45) is 0.547. The minimum atomic E-state index is -0.604. The predicted molar refractivity (Wildman–Crippen MR) is 88.8 cm³/mol. The van der Waals surface area contributed by atoms with Crippen molar-refractivity contribution >= 4 is 27.6 Å². The minimum absolute atomic E-state index is 0.216. The molecular formula is C19H19NO2. The molecule has 1 aromatic heterocycles. The highest BCUT2D eigenvalue weighted by Gasteiger charge is 2.30. The van der Waals surface area contributed by atoms with Gasteiger partial charge in [0, 0.05) is 17.2 Å². The van der Waals surface area contributed by atoms with E-state index in [1.807, 2.05) is 44.2 Å². The average molecular weight is 293 g/mol. The molecule has 0 aliphatic carbocycles. The summed E-state index contributed by atoms with van der Waals surface area (Å²) >= 11 is 0. The van der Waals surface area contributed by atoms with Gasteiger partial charge in [-0.2, -0.15) is 0 Å². The number of ether oxygens (including phenoxy) is 1. The van der Waals surface area contributed by atoms with Crippen molar-refractivity contribution in [1.29, 1.82) is 0 Å². The van der Waals surface area contributed by atoms with Gasteiger partial charge in [-0.15, -0.1) is 0 Å². The van der Waals surface area contributed by atoms with Crippen molar-refractivity contribution in [2.45, 2.75) is 20.3 Å². The number of rotatable bonds is 3. The Morgan fingerprint density at radius 1 is 1.00 bits per heavy atom. The van der Waals surface area contributed by atoms with E-state index in [-0.39, 0.29) is 5.97 Å². The molecule has 0 spiro atoms. The number of pyridine rings is 1. The van der Waals surface area contributed by atoms with Crippen LogP contribution in [0.5, 0.6) is 0 Å². The van der Waals surface area contributed by atoms with E-state index in [0.717, 1.165) is 22.0 Å². The molecule has 0 fully saturated rings. The maximum absolute atomic E-state index is 12.0. The molecule has 0 bridgehead atoms. The second-order valence-corrected chi connectivity index (χ2v) is 6.17. The van der Waals surface area contributed by atoms with Crippen LogP contribution < -0.4 is 0 Å². The van der Waals surface area contributed by atoms with E-state index < -0.39 is 5.41 Å². The highest BCUT2D eigenvalue weighted by Crippen LogP contribution is 2.31. The van der Waals surface area contributed by atoms with E-state index in [1.165, 1.54) is 12.5 Å². The Labute approximate surface area is 129 Å². The first-order valence-electron chi connectivity index (χ1n) is 7.38. The second kappa shape index (κ2) is 5.41. The highest BCUT2D eigenvalue weighted by molar-refractivity contribution is 6.06. The predicted octanol–water partition coefficient (Wildman–Crippen LogP) is 4.13. The topological polar surface area (TPSA) is 39.2 Å². The van der Waals surface area contributed by atoms with Crippen LogP contribution in [0.2, 0.25) is 0 Å². The van der Waals surface area contributed by atoms with Gasteiger partial charge in [-0.3, -0.25) is 9.78 Å². The third-order valence-electron chi connectivity index (χ3n) is 4.03. The van der Waals surface area contributed by atoms with Gasteiger partial charge in [0.15, 0.2) is 0 Å². The largest absolute Gasteiger partial charge is 0.469 e. The van der Waals surface area contributed by atoms with Crippen molar-refractivity contribution in [2.24, 2.45) is 5.41 Å². The van der Waals surface area contributed by atoms with E-state index in [9.17, 15) is 4.79 Å². The number of nitrogens with zero attached hydrogens (tertiary/aromatic N) is 1. The van der Waals surface area contributed by atoms with Crippen LogP contribution in [-0.2, 0) is 16.0 Å². The lowest BCUT2D eigenvalue weighted by Gasteiger charge is -2.22. The molecular weight excluding hydrogens is 274 g/mol. The Hall–Kier alpha value is -2.42. The zero-order valence-corrected chi connectivity index (χ0v) is 13.1. The normalized spacial score (nSPS) is 11.8. The molecule has 0 aliphatic rings. The molecule has 3 rings (SSSR count). The molecule has 1 heterocycles.